The highest BCUT2D eigenvalue weighted by atomic mass is 16.5. The molecule has 0 N–H and O–H groups in total. The van der Waals surface area contributed by atoms with E-state index in [2.05, 4.69) is 23.1 Å². The fourth-order valence-electron chi connectivity index (χ4n) is 1.27. The molecule has 0 spiro atoms. The summed E-state index contributed by atoms with van der Waals surface area (Å²) >= 11 is 0. The van der Waals surface area contributed by atoms with Crippen LogP contribution >= 0.6 is 0 Å². The van der Waals surface area contributed by atoms with Crippen molar-refractivity contribution in [1.29, 1.82) is 0 Å². The summed E-state index contributed by atoms with van der Waals surface area (Å²) in [4.78, 5) is 8.45. The molecule has 0 aliphatic carbocycles. The number of hydrogen-bond donors (Lipinski definition) is 0. The lowest BCUT2D eigenvalue weighted by molar-refractivity contribution is 0.297. The number of ether oxygens (including phenoxy) is 1. The highest BCUT2D eigenvalue weighted by Gasteiger charge is 1.99. The summed E-state index contributed by atoms with van der Waals surface area (Å²) in [5.74, 6) is 0.488. The van der Waals surface area contributed by atoms with Crippen molar-refractivity contribution in [2.75, 3.05) is 6.61 Å². The Labute approximate surface area is 89.1 Å². The second-order valence-electron chi connectivity index (χ2n) is 3.33. The van der Waals surface area contributed by atoms with Crippen LogP contribution in [0.2, 0.25) is 0 Å². The first-order chi connectivity index (χ1) is 7.40. The van der Waals surface area contributed by atoms with Crippen LogP contribution in [0.3, 0.4) is 0 Å². The number of nitrogens with zero attached hydrogens (tertiary/aromatic N) is 2. The molecule has 15 heavy (non-hydrogen) atoms. The summed E-state index contributed by atoms with van der Waals surface area (Å²) in [5, 5.41) is 0. The summed E-state index contributed by atoms with van der Waals surface area (Å²) in [7, 11) is 0. The SMILES string of the molecule is CCCCOc1[c]nc2ccccc2n1. The van der Waals surface area contributed by atoms with E-state index in [4.69, 9.17) is 4.74 Å². The van der Waals surface area contributed by atoms with Crippen LogP contribution in [0.25, 0.3) is 11.0 Å². The number of aromatic nitrogens is 2. The van der Waals surface area contributed by atoms with Crippen molar-refractivity contribution < 1.29 is 4.74 Å². The molecule has 1 aromatic carbocycles. The van der Waals surface area contributed by atoms with Gasteiger partial charge in [0.25, 0.3) is 0 Å². The molecule has 0 fully saturated rings. The first kappa shape index (κ1) is 9.90. The summed E-state index contributed by atoms with van der Waals surface area (Å²) in [5.41, 5.74) is 1.70. The largest absolute Gasteiger partial charge is 0.476 e. The molecule has 2 rings (SSSR count). The molecule has 0 saturated heterocycles. The van der Waals surface area contributed by atoms with Crippen LogP contribution in [0.5, 0.6) is 5.88 Å². The van der Waals surface area contributed by atoms with Crippen LogP contribution in [0.15, 0.2) is 24.3 Å². The van der Waals surface area contributed by atoms with Crippen LogP contribution in [0.1, 0.15) is 19.8 Å². The maximum atomic E-state index is 5.43. The molecular weight excluding hydrogens is 188 g/mol. The van der Waals surface area contributed by atoms with Crippen molar-refractivity contribution in [3.05, 3.63) is 30.5 Å². The van der Waals surface area contributed by atoms with Gasteiger partial charge in [-0.15, -0.1) is 0 Å². The minimum Gasteiger partial charge on any atom is -0.476 e. The molecule has 1 aromatic heterocycles. The maximum absolute atomic E-state index is 5.43. The van der Waals surface area contributed by atoms with Crippen LogP contribution in [0, 0.1) is 6.20 Å². The van der Waals surface area contributed by atoms with E-state index < -0.39 is 0 Å². The highest BCUT2D eigenvalue weighted by Crippen LogP contribution is 2.12. The van der Waals surface area contributed by atoms with Gasteiger partial charge in [0.15, 0.2) is 6.20 Å². The molecular formula is C12H13N2O. The standard InChI is InChI=1S/C12H13N2O/c1-2-3-8-15-12-9-13-10-6-4-5-7-11(10)14-12/h4-7H,2-3,8H2,1H3. The maximum Gasteiger partial charge on any atom is 0.243 e. The predicted octanol–water partition coefficient (Wildman–Crippen LogP) is 2.61. The topological polar surface area (TPSA) is 35.0 Å². The molecule has 1 heterocycles. The van der Waals surface area contributed by atoms with Gasteiger partial charge in [0, 0.05) is 0 Å². The van der Waals surface area contributed by atoms with Gasteiger partial charge in [-0.3, -0.25) is 0 Å². The van der Waals surface area contributed by atoms with E-state index in [0.29, 0.717) is 12.5 Å². The Morgan fingerprint density at radius 3 is 2.87 bits per heavy atom. The van der Waals surface area contributed by atoms with Gasteiger partial charge in [0.2, 0.25) is 5.88 Å². The van der Waals surface area contributed by atoms with Crippen LogP contribution in [-0.2, 0) is 0 Å². The summed E-state index contributed by atoms with van der Waals surface area (Å²) < 4.78 is 5.43. The number of fused-ring (bicyclic) bond motifs is 1. The summed E-state index contributed by atoms with van der Waals surface area (Å²) in [6, 6.07) is 7.70. The fourth-order valence-corrected chi connectivity index (χ4v) is 1.27. The van der Waals surface area contributed by atoms with Crippen LogP contribution < -0.4 is 4.74 Å². The monoisotopic (exact) mass is 201 g/mol. The first-order valence-electron chi connectivity index (χ1n) is 5.17. The Morgan fingerprint density at radius 2 is 2.07 bits per heavy atom. The van der Waals surface area contributed by atoms with Gasteiger partial charge in [0.1, 0.15) is 0 Å². The molecule has 0 atom stereocenters. The van der Waals surface area contributed by atoms with E-state index in [-0.39, 0.29) is 0 Å². The van der Waals surface area contributed by atoms with Crippen molar-refractivity contribution in [2.45, 2.75) is 19.8 Å². The quantitative estimate of drug-likeness (QED) is 0.713. The number of rotatable bonds is 4. The van der Waals surface area contributed by atoms with E-state index in [1.165, 1.54) is 0 Å². The van der Waals surface area contributed by atoms with E-state index in [1.807, 2.05) is 24.3 Å². The summed E-state index contributed by atoms with van der Waals surface area (Å²) in [6.45, 7) is 2.80. The molecule has 2 aromatic rings. The zero-order valence-corrected chi connectivity index (χ0v) is 8.73. The third-order valence-corrected chi connectivity index (χ3v) is 2.11. The van der Waals surface area contributed by atoms with E-state index in [0.717, 1.165) is 23.9 Å². The molecule has 0 aliphatic rings. The summed E-state index contributed by atoms with van der Waals surface area (Å²) in [6.07, 6.45) is 4.93. The number of benzene rings is 1. The van der Waals surface area contributed by atoms with Gasteiger partial charge >= 0.3 is 0 Å². The molecule has 0 unspecified atom stereocenters. The Balaban J connectivity index is 2.16. The predicted molar refractivity (Wildman–Crippen MR) is 58.8 cm³/mol. The van der Waals surface area contributed by atoms with E-state index >= 15 is 0 Å². The van der Waals surface area contributed by atoms with Gasteiger partial charge in [-0.25, -0.2) is 9.97 Å². The smallest absolute Gasteiger partial charge is 0.243 e. The fraction of sp³-hybridized carbons (Fsp3) is 0.333. The molecule has 0 amide bonds. The van der Waals surface area contributed by atoms with E-state index in [1.54, 1.807) is 0 Å². The number of hydrogen-bond acceptors (Lipinski definition) is 3. The molecule has 77 valence electrons. The van der Waals surface area contributed by atoms with Crippen molar-refractivity contribution in [3.63, 3.8) is 0 Å². The molecule has 3 nitrogen and oxygen atoms in total. The zero-order valence-electron chi connectivity index (χ0n) is 8.73. The van der Waals surface area contributed by atoms with Crippen molar-refractivity contribution in [3.8, 4) is 5.88 Å². The number of unbranched alkanes of at least 4 members (excludes halogenated alkanes) is 1. The van der Waals surface area contributed by atoms with Crippen LogP contribution in [-0.4, -0.2) is 16.6 Å². The second kappa shape index (κ2) is 4.73. The van der Waals surface area contributed by atoms with Gasteiger partial charge < -0.3 is 4.74 Å². The third kappa shape index (κ3) is 2.43. The minimum atomic E-state index is 0.488. The molecule has 0 saturated carbocycles. The van der Waals surface area contributed by atoms with Gasteiger partial charge in [0.05, 0.1) is 17.6 Å². The lowest BCUT2D eigenvalue weighted by Crippen LogP contribution is -1.99. The average molecular weight is 201 g/mol. The van der Waals surface area contributed by atoms with Gasteiger partial charge in [-0.05, 0) is 18.6 Å². The van der Waals surface area contributed by atoms with Crippen molar-refractivity contribution in [2.24, 2.45) is 0 Å². The Hall–Kier alpha value is -1.64. The average Bonchev–Trinajstić information content (AvgIpc) is 2.29. The molecule has 3 heteroatoms. The number of para-hydroxylation sites is 2. The Morgan fingerprint density at radius 1 is 1.27 bits per heavy atom. The van der Waals surface area contributed by atoms with E-state index in [9.17, 15) is 0 Å². The first-order valence-corrected chi connectivity index (χ1v) is 5.17. The van der Waals surface area contributed by atoms with Gasteiger partial charge in [-0.2, -0.15) is 0 Å². The van der Waals surface area contributed by atoms with Crippen molar-refractivity contribution in [1.82, 2.24) is 9.97 Å². The normalized spacial score (nSPS) is 10.5. The third-order valence-electron chi connectivity index (χ3n) is 2.11. The Kier molecular flexibility index (Phi) is 3.12. The lowest BCUT2D eigenvalue weighted by Gasteiger charge is -2.03. The second-order valence-corrected chi connectivity index (χ2v) is 3.33. The molecule has 0 bridgehead atoms. The highest BCUT2D eigenvalue weighted by molar-refractivity contribution is 5.73. The van der Waals surface area contributed by atoms with Crippen LogP contribution in [0.4, 0.5) is 0 Å². The Bertz CT molecular complexity index is 442. The lowest BCUT2D eigenvalue weighted by atomic mass is 10.3. The molecule has 1 radical (unpaired) electrons. The zero-order chi connectivity index (χ0) is 10.5. The molecule has 0 aliphatic heterocycles. The van der Waals surface area contributed by atoms with Gasteiger partial charge in [-0.1, -0.05) is 25.5 Å². The minimum absolute atomic E-state index is 0.488. The van der Waals surface area contributed by atoms with Crippen molar-refractivity contribution >= 4 is 11.0 Å².